The van der Waals surface area contributed by atoms with Crippen LogP contribution in [-0.2, 0) is 0 Å². The fourth-order valence-corrected chi connectivity index (χ4v) is 3.17. The summed E-state index contributed by atoms with van der Waals surface area (Å²) < 4.78 is 29.3. The number of anilines is 1. The lowest BCUT2D eigenvalue weighted by Crippen LogP contribution is -2.26. The van der Waals surface area contributed by atoms with E-state index in [1.807, 2.05) is 0 Å². The Balaban J connectivity index is 1.79. The molecule has 1 fully saturated rings. The molecule has 1 saturated heterocycles. The Morgan fingerprint density at radius 1 is 1.17 bits per heavy atom. The number of aliphatic hydroxyl groups is 1. The zero-order chi connectivity index (χ0) is 16.8. The van der Waals surface area contributed by atoms with Crippen molar-refractivity contribution in [2.75, 3.05) is 11.4 Å². The molecular formula is C16H15F2N5O. The third kappa shape index (κ3) is 2.39. The molecule has 1 aromatic carbocycles. The van der Waals surface area contributed by atoms with E-state index in [0.29, 0.717) is 30.3 Å². The van der Waals surface area contributed by atoms with E-state index in [0.717, 1.165) is 12.1 Å². The molecule has 0 unspecified atom stereocenters. The molecule has 1 N–H and O–H groups in total. The number of aromatic nitrogens is 4. The highest BCUT2D eigenvalue weighted by atomic mass is 19.1. The zero-order valence-corrected chi connectivity index (χ0v) is 12.9. The zero-order valence-electron chi connectivity index (χ0n) is 12.9. The van der Waals surface area contributed by atoms with Crippen molar-refractivity contribution in [2.45, 2.75) is 25.5 Å². The van der Waals surface area contributed by atoms with Crippen LogP contribution in [0.3, 0.4) is 0 Å². The van der Waals surface area contributed by atoms with Crippen LogP contribution in [0.4, 0.5) is 14.6 Å². The topological polar surface area (TPSA) is 66.5 Å². The largest absolute Gasteiger partial charge is 0.391 e. The number of nitrogens with zero attached hydrogens (tertiary/aromatic N) is 5. The third-order valence-electron chi connectivity index (χ3n) is 4.29. The van der Waals surface area contributed by atoms with E-state index in [9.17, 15) is 13.9 Å². The molecule has 0 amide bonds. The quantitative estimate of drug-likeness (QED) is 0.778. The molecule has 0 saturated carbocycles. The molecule has 2 aromatic heterocycles. The lowest BCUT2D eigenvalue weighted by atomic mass is 10.0. The molecule has 3 aromatic rings. The molecule has 1 aliphatic heterocycles. The average molecular weight is 331 g/mol. The van der Waals surface area contributed by atoms with Gasteiger partial charge < -0.3 is 10.0 Å². The Morgan fingerprint density at radius 3 is 2.83 bits per heavy atom. The average Bonchev–Trinajstić information content (AvgIpc) is 3.13. The lowest BCUT2D eigenvalue weighted by molar-refractivity contribution is 0.194. The van der Waals surface area contributed by atoms with Crippen LogP contribution in [0, 0.1) is 18.6 Å². The molecule has 0 radical (unpaired) electrons. The summed E-state index contributed by atoms with van der Waals surface area (Å²) in [5.41, 5.74) is 0.818. The Morgan fingerprint density at radius 2 is 2.00 bits per heavy atom. The van der Waals surface area contributed by atoms with Crippen LogP contribution in [-0.4, -0.2) is 37.6 Å². The van der Waals surface area contributed by atoms with Gasteiger partial charge in [0.25, 0.3) is 0 Å². The molecular weight excluding hydrogens is 316 g/mol. The predicted octanol–water partition coefficient (Wildman–Crippen LogP) is 2.02. The SMILES string of the molecule is Cc1nnc2ccc(N3C[C@H](O)C[C@@H]3c3cc(F)ccc3F)nn12. The highest BCUT2D eigenvalue weighted by molar-refractivity contribution is 5.49. The van der Waals surface area contributed by atoms with Gasteiger partial charge in [-0.2, -0.15) is 4.52 Å². The number of halogens is 2. The van der Waals surface area contributed by atoms with Crippen molar-refractivity contribution < 1.29 is 13.9 Å². The maximum absolute atomic E-state index is 14.2. The van der Waals surface area contributed by atoms with Crippen LogP contribution in [0.25, 0.3) is 5.65 Å². The summed E-state index contributed by atoms with van der Waals surface area (Å²) in [5, 5.41) is 22.5. The number of aryl methyl sites for hydroxylation is 1. The first-order chi connectivity index (χ1) is 11.5. The van der Waals surface area contributed by atoms with E-state index in [4.69, 9.17) is 0 Å². The molecule has 6 nitrogen and oxygen atoms in total. The number of hydrogen-bond acceptors (Lipinski definition) is 5. The van der Waals surface area contributed by atoms with Crippen molar-refractivity contribution in [2.24, 2.45) is 0 Å². The summed E-state index contributed by atoms with van der Waals surface area (Å²) in [6.45, 7) is 2.07. The number of aliphatic hydroxyl groups excluding tert-OH is 1. The maximum atomic E-state index is 14.2. The van der Waals surface area contributed by atoms with Crippen LogP contribution >= 0.6 is 0 Å². The number of fused-ring (bicyclic) bond motifs is 1. The number of rotatable bonds is 2. The van der Waals surface area contributed by atoms with Crippen molar-refractivity contribution in [1.29, 1.82) is 0 Å². The monoisotopic (exact) mass is 331 g/mol. The molecule has 1 aliphatic rings. The van der Waals surface area contributed by atoms with Gasteiger partial charge >= 0.3 is 0 Å². The number of benzene rings is 1. The molecule has 124 valence electrons. The van der Waals surface area contributed by atoms with Gasteiger partial charge in [0, 0.05) is 12.1 Å². The molecule has 0 spiro atoms. The van der Waals surface area contributed by atoms with Crippen LogP contribution in [0.15, 0.2) is 30.3 Å². The fourth-order valence-electron chi connectivity index (χ4n) is 3.17. The van der Waals surface area contributed by atoms with Gasteiger partial charge in [-0.15, -0.1) is 15.3 Å². The third-order valence-corrected chi connectivity index (χ3v) is 4.29. The lowest BCUT2D eigenvalue weighted by Gasteiger charge is -2.26. The smallest absolute Gasteiger partial charge is 0.178 e. The van der Waals surface area contributed by atoms with Crippen molar-refractivity contribution in [3.63, 3.8) is 0 Å². The predicted molar refractivity (Wildman–Crippen MR) is 82.6 cm³/mol. The van der Waals surface area contributed by atoms with Crippen molar-refractivity contribution in [3.05, 3.63) is 53.4 Å². The second kappa shape index (κ2) is 5.48. The summed E-state index contributed by atoms with van der Waals surface area (Å²) in [7, 11) is 0. The molecule has 2 atom stereocenters. The van der Waals surface area contributed by atoms with Crippen LogP contribution in [0.1, 0.15) is 23.9 Å². The normalized spacial score (nSPS) is 20.9. The Kier molecular flexibility index (Phi) is 3.42. The van der Waals surface area contributed by atoms with Crippen molar-refractivity contribution in [1.82, 2.24) is 19.8 Å². The highest BCUT2D eigenvalue weighted by Crippen LogP contribution is 2.36. The van der Waals surface area contributed by atoms with Gasteiger partial charge in [-0.3, -0.25) is 0 Å². The minimum atomic E-state index is -0.642. The van der Waals surface area contributed by atoms with Crippen LogP contribution < -0.4 is 4.90 Å². The van der Waals surface area contributed by atoms with E-state index in [2.05, 4.69) is 15.3 Å². The second-order valence-corrected chi connectivity index (χ2v) is 5.93. The van der Waals surface area contributed by atoms with Crippen LogP contribution in [0.2, 0.25) is 0 Å². The second-order valence-electron chi connectivity index (χ2n) is 5.93. The first-order valence-corrected chi connectivity index (χ1v) is 7.61. The summed E-state index contributed by atoms with van der Waals surface area (Å²) in [5.74, 6) is 0.170. The Labute approximate surface area is 136 Å². The van der Waals surface area contributed by atoms with Crippen molar-refractivity contribution >= 4 is 11.5 Å². The Hall–Kier alpha value is -2.61. The minimum absolute atomic E-state index is 0.217. The van der Waals surface area contributed by atoms with E-state index in [1.165, 1.54) is 6.07 Å². The Bertz CT molecular complexity index is 913. The van der Waals surface area contributed by atoms with E-state index >= 15 is 0 Å². The first kappa shape index (κ1) is 14.9. The number of β-amino-alcohol motifs (C(OH)–C–C–N with tert-alkyl or cyclic N) is 1. The number of hydrogen-bond donors (Lipinski definition) is 1. The summed E-state index contributed by atoms with van der Waals surface area (Å²) in [6, 6.07) is 6.37. The van der Waals surface area contributed by atoms with E-state index in [-0.39, 0.29) is 5.56 Å². The van der Waals surface area contributed by atoms with Gasteiger partial charge in [0.2, 0.25) is 0 Å². The maximum Gasteiger partial charge on any atom is 0.178 e. The molecule has 0 aliphatic carbocycles. The standard InChI is InChI=1S/C16H15F2N5O/c1-9-19-20-15-4-5-16(21-23(9)15)22-8-11(24)7-14(22)12-6-10(17)2-3-13(12)18/h2-6,11,14,24H,7-8H2,1H3/t11-,14-/m1/s1. The molecule has 3 heterocycles. The van der Waals surface area contributed by atoms with Gasteiger partial charge in [0.1, 0.15) is 17.5 Å². The van der Waals surface area contributed by atoms with Gasteiger partial charge in [0.05, 0.1) is 12.1 Å². The van der Waals surface area contributed by atoms with E-state index in [1.54, 1.807) is 28.5 Å². The fraction of sp³-hybridized carbons (Fsp3) is 0.312. The molecule has 4 rings (SSSR count). The molecule has 8 heteroatoms. The summed E-state index contributed by atoms with van der Waals surface area (Å²) in [6.07, 6.45) is -0.335. The molecule has 0 bridgehead atoms. The summed E-state index contributed by atoms with van der Waals surface area (Å²) >= 11 is 0. The highest BCUT2D eigenvalue weighted by Gasteiger charge is 2.35. The first-order valence-electron chi connectivity index (χ1n) is 7.61. The van der Waals surface area contributed by atoms with Gasteiger partial charge in [-0.05, 0) is 43.7 Å². The van der Waals surface area contributed by atoms with Crippen molar-refractivity contribution in [3.8, 4) is 0 Å². The van der Waals surface area contributed by atoms with Gasteiger partial charge in [-0.1, -0.05) is 0 Å². The molecule has 24 heavy (non-hydrogen) atoms. The van der Waals surface area contributed by atoms with Gasteiger partial charge in [-0.25, -0.2) is 8.78 Å². The van der Waals surface area contributed by atoms with Crippen LogP contribution in [0.5, 0.6) is 0 Å². The summed E-state index contributed by atoms with van der Waals surface area (Å²) in [4.78, 5) is 1.78. The van der Waals surface area contributed by atoms with Gasteiger partial charge in [0.15, 0.2) is 11.5 Å². The minimum Gasteiger partial charge on any atom is -0.391 e. The van der Waals surface area contributed by atoms with E-state index < -0.39 is 23.8 Å².